The molecule has 1 aliphatic heterocycles. The predicted octanol–water partition coefficient (Wildman–Crippen LogP) is 4.97. The Hall–Kier alpha value is -2.46. The molecule has 2 fully saturated rings. The largest absolute Gasteiger partial charge is 0.497 e. The Morgan fingerprint density at radius 1 is 0.893 bits per heavy atom. The first kappa shape index (κ1) is 17.6. The molecule has 1 aromatic heterocycles. The molecule has 3 aromatic rings. The van der Waals surface area contributed by atoms with Crippen LogP contribution in [0.25, 0.3) is 10.9 Å². The molecule has 2 aromatic carbocycles. The number of hydrogen-bond acceptors (Lipinski definition) is 3. The smallest absolute Gasteiger partial charge is 0.124 e. The van der Waals surface area contributed by atoms with Crippen molar-refractivity contribution in [1.29, 1.82) is 0 Å². The van der Waals surface area contributed by atoms with Gasteiger partial charge in [0, 0.05) is 36.4 Å². The summed E-state index contributed by atoms with van der Waals surface area (Å²) in [4.78, 5) is 6.24. The second-order valence-corrected chi connectivity index (χ2v) is 8.19. The fraction of sp³-hybridized carbons (Fsp3) is 0.417. The number of H-pyrrole nitrogens is 1. The molecule has 0 unspecified atom stereocenters. The maximum absolute atomic E-state index is 6.11. The molecule has 0 atom stereocenters. The van der Waals surface area contributed by atoms with E-state index in [-0.39, 0.29) is 0 Å². The Balaban J connectivity index is 1.12. The van der Waals surface area contributed by atoms with Gasteiger partial charge in [0.25, 0.3) is 0 Å². The summed E-state index contributed by atoms with van der Waals surface area (Å²) >= 11 is 0. The zero-order valence-electron chi connectivity index (χ0n) is 16.4. The molecule has 1 aliphatic carbocycles. The van der Waals surface area contributed by atoms with Crippen LogP contribution in [-0.2, 0) is 0 Å². The van der Waals surface area contributed by atoms with E-state index in [2.05, 4.69) is 40.2 Å². The lowest BCUT2D eigenvalue weighted by atomic mass is 9.82. The van der Waals surface area contributed by atoms with Crippen molar-refractivity contribution >= 4 is 10.9 Å². The van der Waals surface area contributed by atoms with Crippen molar-refractivity contribution in [2.24, 2.45) is 0 Å². The van der Waals surface area contributed by atoms with Crippen LogP contribution < -0.4 is 9.47 Å². The second kappa shape index (κ2) is 7.51. The summed E-state index contributed by atoms with van der Waals surface area (Å²) in [5.74, 6) is 2.43. The molecule has 4 heteroatoms. The monoisotopic (exact) mass is 376 g/mol. The van der Waals surface area contributed by atoms with Crippen molar-refractivity contribution in [3.8, 4) is 11.5 Å². The summed E-state index contributed by atoms with van der Waals surface area (Å²) in [6, 6.07) is 19.6. The van der Waals surface area contributed by atoms with Gasteiger partial charge in [0.2, 0.25) is 0 Å². The van der Waals surface area contributed by atoms with Crippen molar-refractivity contribution in [2.75, 3.05) is 20.2 Å². The highest BCUT2D eigenvalue weighted by atomic mass is 16.5. The number of ether oxygens (including phenoxy) is 2. The molecule has 5 rings (SSSR count). The van der Waals surface area contributed by atoms with Crippen LogP contribution in [0.1, 0.15) is 37.3 Å². The van der Waals surface area contributed by atoms with Gasteiger partial charge in [-0.2, -0.15) is 0 Å². The second-order valence-electron chi connectivity index (χ2n) is 8.19. The number of fused-ring (bicyclic) bond motifs is 1. The number of rotatable bonds is 5. The van der Waals surface area contributed by atoms with E-state index >= 15 is 0 Å². The fourth-order valence-corrected chi connectivity index (χ4v) is 4.78. The Bertz CT molecular complexity index is 903. The lowest BCUT2D eigenvalue weighted by molar-refractivity contribution is -0.0203. The number of likely N-dealkylation sites (tertiary alicyclic amines) is 1. The van der Waals surface area contributed by atoms with Gasteiger partial charge in [-0.15, -0.1) is 0 Å². The number of benzene rings is 2. The van der Waals surface area contributed by atoms with E-state index in [9.17, 15) is 0 Å². The van der Waals surface area contributed by atoms with Crippen LogP contribution >= 0.6 is 0 Å². The standard InChI is InChI=1S/C24H28N2O2/c1-27-20-6-4-7-21(14-20)28-22-15-26(16-22)19-11-9-17(10-12-19)24-13-18-5-2-3-8-23(18)25-24/h2-8,13-14,17,19,22,25H,9-12,15-16H2,1H3/t17-,19+. The Morgan fingerprint density at radius 2 is 1.68 bits per heavy atom. The molecule has 0 amide bonds. The average Bonchev–Trinajstić information content (AvgIpc) is 3.15. The van der Waals surface area contributed by atoms with Crippen LogP contribution in [-0.4, -0.2) is 42.2 Å². The summed E-state index contributed by atoms with van der Waals surface area (Å²) in [5, 5.41) is 1.33. The number of aromatic nitrogens is 1. The van der Waals surface area contributed by atoms with E-state index in [0.29, 0.717) is 18.1 Å². The molecule has 0 radical (unpaired) electrons. The highest BCUT2D eigenvalue weighted by molar-refractivity contribution is 5.80. The number of nitrogens with one attached hydrogen (secondary N) is 1. The zero-order valence-corrected chi connectivity index (χ0v) is 16.4. The number of para-hydroxylation sites is 1. The van der Waals surface area contributed by atoms with Gasteiger partial charge in [0.15, 0.2) is 0 Å². The molecular weight excluding hydrogens is 348 g/mol. The molecule has 0 spiro atoms. The molecule has 1 N–H and O–H groups in total. The Kier molecular flexibility index (Phi) is 4.73. The van der Waals surface area contributed by atoms with Crippen molar-refractivity contribution in [3.05, 3.63) is 60.3 Å². The maximum Gasteiger partial charge on any atom is 0.124 e. The van der Waals surface area contributed by atoms with Crippen LogP contribution in [0, 0.1) is 0 Å². The first-order valence-electron chi connectivity index (χ1n) is 10.4. The molecule has 28 heavy (non-hydrogen) atoms. The van der Waals surface area contributed by atoms with Crippen LogP contribution in [0.4, 0.5) is 0 Å². The number of hydrogen-bond donors (Lipinski definition) is 1. The minimum Gasteiger partial charge on any atom is -0.497 e. The van der Waals surface area contributed by atoms with Crippen molar-refractivity contribution in [2.45, 2.75) is 43.7 Å². The lowest BCUT2D eigenvalue weighted by Crippen LogP contribution is -2.58. The van der Waals surface area contributed by atoms with Crippen molar-refractivity contribution < 1.29 is 9.47 Å². The first-order chi connectivity index (χ1) is 13.8. The molecule has 2 heterocycles. The highest BCUT2D eigenvalue weighted by Gasteiger charge is 2.36. The van der Waals surface area contributed by atoms with E-state index < -0.39 is 0 Å². The number of nitrogens with zero attached hydrogens (tertiary/aromatic N) is 1. The quantitative estimate of drug-likeness (QED) is 0.683. The van der Waals surface area contributed by atoms with E-state index in [0.717, 1.165) is 24.6 Å². The molecule has 4 nitrogen and oxygen atoms in total. The van der Waals surface area contributed by atoms with Crippen LogP contribution in [0.15, 0.2) is 54.6 Å². The molecule has 1 saturated carbocycles. The van der Waals surface area contributed by atoms with Gasteiger partial charge < -0.3 is 14.5 Å². The van der Waals surface area contributed by atoms with Gasteiger partial charge in [-0.05, 0) is 61.3 Å². The first-order valence-corrected chi connectivity index (χ1v) is 10.4. The minimum absolute atomic E-state index is 0.304. The van der Waals surface area contributed by atoms with Gasteiger partial charge >= 0.3 is 0 Å². The molecule has 0 bridgehead atoms. The van der Waals surface area contributed by atoms with Gasteiger partial charge in [-0.3, -0.25) is 4.90 Å². The van der Waals surface area contributed by atoms with Crippen molar-refractivity contribution in [1.82, 2.24) is 9.88 Å². The topological polar surface area (TPSA) is 37.5 Å². The average molecular weight is 377 g/mol. The number of methoxy groups -OCH3 is 1. The van der Waals surface area contributed by atoms with E-state index in [1.165, 1.54) is 42.3 Å². The van der Waals surface area contributed by atoms with Gasteiger partial charge in [0.05, 0.1) is 7.11 Å². The highest BCUT2D eigenvalue weighted by Crippen LogP contribution is 2.37. The normalized spacial score (nSPS) is 23.5. The molecular formula is C24H28N2O2. The van der Waals surface area contributed by atoms with Crippen molar-refractivity contribution in [3.63, 3.8) is 0 Å². The van der Waals surface area contributed by atoms with E-state index in [1.54, 1.807) is 7.11 Å². The number of aromatic amines is 1. The maximum atomic E-state index is 6.11. The SMILES string of the molecule is COc1cccc(OC2CN([C@H]3CC[C@@H](c4cc5ccccc5[nH]4)CC3)C2)c1. The van der Waals surface area contributed by atoms with Crippen LogP contribution in [0.2, 0.25) is 0 Å². The molecule has 146 valence electrons. The van der Waals surface area contributed by atoms with Gasteiger partial charge in [-0.1, -0.05) is 24.3 Å². The summed E-state index contributed by atoms with van der Waals surface area (Å²) in [7, 11) is 1.69. The molecule has 1 saturated heterocycles. The lowest BCUT2D eigenvalue weighted by Gasteiger charge is -2.46. The van der Waals surface area contributed by atoms with E-state index in [1.807, 2.05) is 24.3 Å². The Labute approximate surface area is 166 Å². The zero-order chi connectivity index (χ0) is 18.9. The summed E-state index contributed by atoms with van der Waals surface area (Å²) in [6.07, 6.45) is 5.42. The summed E-state index contributed by atoms with van der Waals surface area (Å²) in [5.41, 5.74) is 2.68. The Morgan fingerprint density at radius 3 is 2.46 bits per heavy atom. The van der Waals surface area contributed by atoms with E-state index in [4.69, 9.17) is 9.47 Å². The fourth-order valence-electron chi connectivity index (χ4n) is 4.78. The molecule has 2 aliphatic rings. The van der Waals surface area contributed by atoms with Gasteiger partial charge in [-0.25, -0.2) is 0 Å². The van der Waals surface area contributed by atoms with Gasteiger partial charge in [0.1, 0.15) is 17.6 Å². The van der Waals surface area contributed by atoms with Crippen LogP contribution in [0.3, 0.4) is 0 Å². The van der Waals surface area contributed by atoms with Crippen LogP contribution in [0.5, 0.6) is 11.5 Å². The minimum atomic E-state index is 0.304. The summed E-state index contributed by atoms with van der Waals surface area (Å²) < 4.78 is 11.4. The third-order valence-electron chi connectivity index (χ3n) is 6.42. The third-order valence-corrected chi connectivity index (χ3v) is 6.42. The third kappa shape index (κ3) is 3.49. The summed E-state index contributed by atoms with van der Waals surface area (Å²) in [6.45, 7) is 2.08. The predicted molar refractivity (Wildman–Crippen MR) is 112 cm³/mol.